The molecule has 0 spiro atoms. The molecule has 156 valence electrons. The molecule has 0 aliphatic carbocycles. The van der Waals surface area contributed by atoms with Crippen LogP contribution in [0.2, 0.25) is 0 Å². The van der Waals surface area contributed by atoms with Gasteiger partial charge < -0.3 is 11.5 Å². The minimum atomic E-state index is -0.356. The Labute approximate surface area is 172 Å². The molecule has 0 aromatic rings. The molecule has 0 amide bonds. The summed E-state index contributed by atoms with van der Waals surface area (Å²) >= 11 is 0. The maximum absolute atomic E-state index is 6.57. The van der Waals surface area contributed by atoms with Crippen molar-refractivity contribution in [3.8, 4) is 0 Å². The molecule has 4 atom stereocenters. The molecule has 2 aliphatic rings. The molecule has 2 rings (SSSR count). The molecule has 2 fully saturated rings. The second kappa shape index (κ2) is 11.1. The third-order valence-corrected chi connectivity index (χ3v) is 6.28. The van der Waals surface area contributed by atoms with E-state index < -0.39 is 0 Å². The van der Waals surface area contributed by atoms with E-state index >= 15 is 0 Å². The van der Waals surface area contributed by atoms with E-state index in [-0.39, 0.29) is 48.2 Å². The van der Waals surface area contributed by atoms with E-state index in [4.69, 9.17) is 21.7 Å². The van der Waals surface area contributed by atoms with E-state index in [1.54, 1.807) is 0 Å². The molecular weight excluding hydrogens is 371 g/mol. The summed E-state index contributed by atoms with van der Waals surface area (Å²) in [5, 5.41) is 9.61. The first-order valence-electron chi connectivity index (χ1n) is 9.79. The number of nitrogens with zero attached hydrogens (tertiary/aromatic N) is 4. The van der Waals surface area contributed by atoms with Gasteiger partial charge in [-0.15, -0.1) is 24.8 Å². The standard InChI is InChI=1S/C18H38N6.2ClH/c1-5-17(3,15(19)23-11-7-8-12-23)21-22-18(4,6-2)16(20)24-13-9-10-14-24;;/h15-16H,5-14,19-20H2,1-4H3;2*1H. The van der Waals surface area contributed by atoms with Gasteiger partial charge >= 0.3 is 0 Å². The van der Waals surface area contributed by atoms with Crippen LogP contribution in [0.4, 0.5) is 0 Å². The van der Waals surface area contributed by atoms with Gasteiger partial charge in [0.05, 0.1) is 12.3 Å². The van der Waals surface area contributed by atoms with Crippen molar-refractivity contribution in [2.75, 3.05) is 26.2 Å². The van der Waals surface area contributed by atoms with Gasteiger partial charge in [0.15, 0.2) is 0 Å². The van der Waals surface area contributed by atoms with Gasteiger partial charge in [-0.05, 0) is 78.6 Å². The van der Waals surface area contributed by atoms with Gasteiger partial charge in [-0.2, -0.15) is 10.2 Å². The van der Waals surface area contributed by atoms with E-state index in [0.717, 1.165) is 39.0 Å². The van der Waals surface area contributed by atoms with Crippen LogP contribution in [-0.2, 0) is 0 Å². The smallest absolute Gasteiger partial charge is 0.107 e. The first-order chi connectivity index (χ1) is 11.4. The second-order valence-corrected chi connectivity index (χ2v) is 8.00. The van der Waals surface area contributed by atoms with Crippen molar-refractivity contribution in [3.05, 3.63) is 0 Å². The van der Waals surface area contributed by atoms with Gasteiger partial charge in [0.25, 0.3) is 0 Å². The van der Waals surface area contributed by atoms with Crippen molar-refractivity contribution in [1.82, 2.24) is 9.80 Å². The Bertz CT molecular complexity index is 388. The van der Waals surface area contributed by atoms with Crippen LogP contribution >= 0.6 is 24.8 Å². The number of hydrogen-bond acceptors (Lipinski definition) is 6. The third kappa shape index (κ3) is 5.76. The van der Waals surface area contributed by atoms with E-state index in [1.807, 2.05) is 0 Å². The van der Waals surface area contributed by atoms with E-state index in [2.05, 4.69) is 37.5 Å². The SMILES string of the molecule is CCC(C)(N=NC(C)(CC)C(N)N1CCCC1)C(N)N1CCCC1.Cl.Cl. The van der Waals surface area contributed by atoms with Crippen molar-refractivity contribution in [2.24, 2.45) is 21.7 Å². The van der Waals surface area contributed by atoms with Gasteiger partial charge in [0, 0.05) is 0 Å². The van der Waals surface area contributed by atoms with Crippen molar-refractivity contribution >= 4 is 24.8 Å². The predicted molar refractivity (Wildman–Crippen MR) is 114 cm³/mol. The van der Waals surface area contributed by atoms with Gasteiger partial charge in [-0.25, -0.2) is 0 Å². The zero-order valence-corrected chi connectivity index (χ0v) is 18.6. The number of hydrogen-bond donors (Lipinski definition) is 2. The summed E-state index contributed by atoms with van der Waals surface area (Å²) in [6.45, 7) is 12.9. The Morgan fingerprint density at radius 3 is 1.23 bits per heavy atom. The van der Waals surface area contributed by atoms with E-state index in [1.165, 1.54) is 25.7 Å². The van der Waals surface area contributed by atoms with Gasteiger partial charge in [-0.3, -0.25) is 9.80 Å². The van der Waals surface area contributed by atoms with Crippen molar-refractivity contribution < 1.29 is 0 Å². The van der Waals surface area contributed by atoms with E-state index in [9.17, 15) is 0 Å². The minimum absolute atomic E-state index is 0. The number of halogens is 2. The molecule has 2 heterocycles. The maximum Gasteiger partial charge on any atom is 0.107 e. The van der Waals surface area contributed by atoms with Crippen LogP contribution in [0.3, 0.4) is 0 Å². The first-order valence-corrected chi connectivity index (χ1v) is 9.79. The molecule has 2 saturated heterocycles. The summed E-state index contributed by atoms with van der Waals surface area (Å²) in [6.07, 6.45) is 6.55. The molecular formula is C18H40Cl2N6. The number of azo groups is 1. The number of rotatable bonds is 8. The topological polar surface area (TPSA) is 83.2 Å². The summed E-state index contributed by atoms with van der Waals surface area (Å²) in [4.78, 5) is 4.71. The summed E-state index contributed by atoms with van der Waals surface area (Å²) in [6, 6.07) is 0. The average molecular weight is 411 g/mol. The first kappa shape index (κ1) is 26.0. The summed E-state index contributed by atoms with van der Waals surface area (Å²) in [7, 11) is 0. The van der Waals surface area contributed by atoms with Crippen LogP contribution in [0, 0.1) is 0 Å². The number of likely N-dealkylation sites (tertiary alicyclic amines) is 2. The molecule has 0 aromatic carbocycles. The van der Waals surface area contributed by atoms with Crippen LogP contribution in [-0.4, -0.2) is 59.4 Å². The molecule has 2 aliphatic heterocycles. The monoisotopic (exact) mass is 410 g/mol. The lowest BCUT2D eigenvalue weighted by atomic mass is 9.94. The fourth-order valence-electron chi connectivity index (χ4n) is 3.73. The summed E-state index contributed by atoms with van der Waals surface area (Å²) in [5.41, 5.74) is 12.4. The Hall–Kier alpha value is 0.0200. The highest BCUT2D eigenvalue weighted by Gasteiger charge is 2.39. The third-order valence-electron chi connectivity index (χ3n) is 6.28. The highest BCUT2D eigenvalue weighted by Crippen LogP contribution is 2.30. The zero-order valence-electron chi connectivity index (χ0n) is 17.0. The van der Waals surface area contributed by atoms with Crippen LogP contribution < -0.4 is 11.5 Å². The molecule has 8 heteroatoms. The highest BCUT2D eigenvalue weighted by molar-refractivity contribution is 5.85. The molecule has 0 radical (unpaired) electrons. The Morgan fingerprint density at radius 2 is 1.00 bits per heavy atom. The average Bonchev–Trinajstić information content (AvgIpc) is 3.31. The van der Waals surface area contributed by atoms with Gasteiger partial charge in [-0.1, -0.05) is 13.8 Å². The zero-order chi connectivity index (χ0) is 17.8. The van der Waals surface area contributed by atoms with Crippen molar-refractivity contribution in [1.29, 1.82) is 0 Å². The molecule has 0 aromatic heterocycles. The molecule has 0 saturated carbocycles. The van der Waals surface area contributed by atoms with Crippen molar-refractivity contribution in [2.45, 2.75) is 89.6 Å². The fourth-order valence-corrected chi connectivity index (χ4v) is 3.73. The summed E-state index contributed by atoms with van der Waals surface area (Å²) < 4.78 is 0. The predicted octanol–water partition coefficient (Wildman–Crippen LogP) is 3.38. The fraction of sp³-hybridized carbons (Fsp3) is 1.00. The van der Waals surface area contributed by atoms with Gasteiger partial charge in [0.2, 0.25) is 0 Å². The highest BCUT2D eigenvalue weighted by atomic mass is 35.5. The van der Waals surface area contributed by atoms with Crippen LogP contribution in [0.5, 0.6) is 0 Å². The number of nitrogens with two attached hydrogens (primary N) is 2. The lowest BCUT2D eigenvalue weighted by Crippen LogP contribution is -2.56. The Morgan fingerprint density at radius 1 is 0.731 bits per heavy atom. The van der Waals surface area contributed by atoms with Crippen LogP contribution in [0.1, 0.15) is 66.2 Å². The largest absolute Gasteiger partial charge is 0.314 e. The molecule has 0 bridgehead atoms. The lowest BCUT2D eigenvalue weighted by molar-refractivity contribution is 0.130. The van der Waals surface area contributed by atoms with E-state index in [0.29, 0.717) is 0 Å². The molecule has 26 heavy (non-hydrogen) atoms. The van der Waals surface area contributed by atoms with Crippen LogP contribution in [0.15, 0.2) is 10.2 Å². The second-order valence-electron chi connectivity index (χ2n) is 8.00. The van der Waals surface area contributed by atoms with Gasteiger partial charge in [0.1, 0.15) is 11.1 Å². The normalized spacial score (nSPS) is 25.9. The quantitative estimate of drug-likeness (QED) is 0.600. The van der Waals surface area contributed by atoms with Crippen LogP contribution in [0.25, 0.3) is 0 Å². The Balaban J connectivity index is 0.00000312. The Kier molecular flexibility index (Phi) is 11.1. The maximum atomic E-state index is 6.57. The van der Waals surface area contributed by atoms with Crippen molar-refractivity contribution in [3.63, 3.8) is 0 Å². The molecule has 6 nitrogen and oxygen atoms in total. The molecule has 4 N–H and O–H groups in total. The minimum Gasteiger partial charge on any atom is -0.314 e. The summed E-state index contributed by atoms with van der Waals surface area (Å²) in [5.74, 6) is 0. The lowest BCUT2D eigenvalue weighted by Gasteiger charge is -2.39. The molecule has 4 unspecified atom stereocenters.